The molecule has 1 amide bonds. The van der Waals surface area contributed by atoms with Crippen molar-refractivity contribution in [3.05, 3.63) is 100 Å². The number of aryl methyl sites for hydroxylation is 1. The van der Waals surface area contributed by atoms with Crippen LogP contribution in [-0.4, -0.2) is 26.9 Å². The van der Waals surface area contributed by atoms with Crippen LogP contribution < -0.4 is 0 Å². The summed E-state index contributed by atoms with van der Waals surface area (Å²) in [5.41, 5.74) is 2.22. The first-order chi connectivity index (χ1) is 13.8. The maximum absolute atomic E-state index is 13.6. The monoisotopic (exact) mass is 396 g/mol. The van der Waals surface area contributed by atoms with Crippen molar-refractivity contribution >= 4 is 11.9 Å². The summed E-state index contributed by atoms with van der Waals surface area (Å²) in [6.45, 7) is 2.21. The van der Waals surface area contributed by atoms with Crippen LogP contribution in [0.3, 0.4) is 0 Å². The minimum atomic E-state index is -1.15. The van der Waals surface area contributed by atoms with E-state index in [1.807, 2.05) is 31.2 Å². The number of hydrogen-bond acceptors (Lipinski definition) is 3. The standard InChI is InChI=1S/C22H18F2N2O3/c1-14-4-2-3-5-16(14)13-26(12-15-6-7-20(22(28)29)25-11-15)21(27)17-8-18(23)10-19(24)9-17/h2-11H,12-13H2,1H3,(H,28,29). The van der Waals surface area contributed by atoms with Crippen molar-refractivity contribution in [1.29, 1.82) is 0 Å². The molecular formula is C22H18F2N2O3. The fraction of sp³-hybridized carbons (Fsp3) is 0.136. The highest BCUT2D eigenvalue weighted by atomic mass is 19.1. The first-order valence-corrected chi connectivity index (χ1v) is 8.81. The predicted molar refractivity (Wildman–Crippen MR) is 102 cm³/mol. The second kappa shape index (κ2) is 8.60. The molecule has 5 nitrogen and oxygen atoms in total. The van der Waals surface area contributed by atoms with Gasteiger partial charge in [-0.3, -0.25) is 4.79 Å². The van der Waals surface area contributed by atoms with E-state index >= 15 is 0 Å². The van der Waals surface area contributed by atoms with E-state index in [1.54, 1.807) is 6.07 Å². The third-order valence-electron chi connectivity index (χ3n) is 4.44. The summed E-state index contributed by atoms with van der Waals surface area (Å²) in [6, 6.07) is 13.1. The largest absolute Gasteiger partial charge is 0.477 e. The molecule has 7 heteroatoms. The molecule has 0 aliphatic heterocycles. The van der Waals surface area contributed by atoms with Crippen molar-refractivity contribution in [2.45, 2.75) is 20.0 Å². The lowest BCUT2D eigenvalue weighted by molar-refractivity contribution is 0.0687. The molecule has 2 aromatic carbocycles. The Labute approximate surface area is 166 Å². The predicted octanol–water partition coefficient (Wildman–Crippen LogP) is 4.21. The van der Waals surface area contributed by atoms with Crippen molar-refractivity contribution in [2.24, 2.45) is 0 Å². The van der Waals surface area contributed by atoms with E-state index in [0.29, 0.717) is 11.6 Å². The summed E-state index contributed by atoms with van der Waals surface area (Å²) in [7, 11) is 0. The number of rotatable bonds is 6. The quantitative estimate of drug-likeness (QED) is 0.678. The molecule has 0 radical (unpaired) electrons. The molecule has 0 saturated heterocycles. The van der Waals surface area contributed by atoms with Gasteiger partial charge in [0, 0.05) is 30.9 Å². The van der Waals surface area contributed by atoms with E-state index in [9.17, 15) is 18.4 Å². The molecule has 1 N–H and O–H groups in total. The van der Waals surface area contributed by atoms with Crippen molar-refractivity contribution < 1.29 is 23.5 Å². The average Bonchev–Trinajstić information content (AvgIpc) is 2.68. The number of aromatic nitrogens is 1. The molecule has 29 heavy (non-hydrogen) atoms. The summed E-state index contributed by atoms with van der Waals surface area (Å²) in [5.74, 6) is -3.37. The van der Waals surface area contributed by atoms with Crippen molar-refractivity contribution in [3.8, 4) is 0 Å². The Bertz CT molecular complexity index is 1030. The molecule has 0 atom stereocenters. The molecular weight excluding hydrogens is 378 g/mol. The van der Waals surface area contributed by atoms with Crippen LogP contribution >= 0.6 is 0 Å². The first kappa shape index (κ1) is 20.1. The number of aromatic carboxylic acids is 1. The van der Waals surface area contributed by atoms with Gasteiger partial charge < -0.3 is 10.0 Å². The topological polar surface area (TPSA) is 70.5 Å². The molecule has 148 valence electrons. The van der Waals surface area contributed by atoms with E-state index in [-0.39, 0.29) is 24.3 Å². The van der Waals surface area contributed by atoms with E-state index in [2.05, 4.69) is 4.98 Å². The number of carboxylic acids is 1. The highest BCUT2D eigenvalue weighted by Crippen LogP contribution is 2.18. The van der Waals surface area contributed by atoms with Gasteiger partial charge in [0.15, 0.2) is 0 Å². The van der Waals surface area contributed by atoms with Gasteiger partial charge in [-0.2, -0.15) is 0 Å². The van der Waals surface area contributed by atoms with Gasteiger partial charge in [-0.25, -0.2) is 18.6 Å². The lowest BCUT2D eigenvalue weighted by Gasteiger charge is -2.24. The van der Waals surface area contributed by atoms with Crippen LogP contribution in [0.1, 0.15) is 37.5 Å². The second-order valence-corrected chi connectivity index (χ2v) is 6.60. The Morgan fingerprint density at radius 2 is 1.69 bits per heavy atom. The Hall–Kier alpha value is -3.61. The number of halogens is 2. The third kappa shape index (κ3) is 5.01. The number of carbonyl (C=O) groups is 2. The highest BCUT2D eigenvalue weighted by molar-refractivity contribution is 5.94. The number of nitrogens with zero attached hydrogens (tertiary/aromatic N) is 2. The molecule has 0 saturated carbocycles. The van der Waals surface area contributed by atoms with Gasteiger partial charge in [0.05, 0.1) is 0 Å². The number of carboxylic acid groups (broad SMARTS) is 1. The molecule has 0 spiro atoms. The van der Waals surface area contributed by atoms with Crippen LogP contribution in [-0.2, 0) is 13.1 Å². The van der Waals surface area contributed by atoms with Crippen LogP contribution in [0, 0.1) is 18.6 Å². The normalized spacial score (nSPS) is 10.6. The molecule has 0 fully saturated rings. The SMILES string of the molecule is Cc1ccccc1CN(Cc1ccc(C(=O)O)nc1)C(=O)c1cc(F)cc(F)c1. The van der Waals surface area contributed by atoms with Gasteiger partial charge in [-0.1, -0.05) is 30.3 Å². The molecule has 0 aliphatic carbocycles. The molecule has 3 aromatic rings. The van der Waals surface area contributed by atoms with Gasteiger partial charge in [0.2, 0.25) is 0 Å². The minimum absolute atomic E-state index is 0.0954. The summed E-state index contributed by atoms with van der Waals surface area (Å²) < 4.78 is 27.2. The van der Waals surface area contributed by atoms with Crippen LogP contribution in [0.15, 0.2) is 60.8 Å². The number of pyridine rings is 1. The summed E-state index contributed by atoms with van der Waals surface area (Å²) in [6.07, 6.45) is 1.37. The van der Waals surface area contributed by atoms with Crippen LogP contribution in [0.5, 0.6) is 0 Å². The lowest BCUT2D eigenvalue weighted by atomic mass is 10.1. The molecule has 0 unspecified atom stereocenters. The highest BCUT2D eigenvalue weighted by Gasteiger charge is 2.19. The molecule has 1 heterocycles. The fourth-order valence-corrected chi connectivity index (χ4v) is 2.92. The zero-order valence-electron chi connectivity index (χ0n) is 15.6. The molecule has 0 bridgehead atoms. The zero-order chi connectivity index (χ0) is 21.0. The number of benzene rings is 2. The molecule has 3 rings (SSSR count). The number of hydrogen-bond donors (Lipinski definition) is 1. The van der Waals surface area contributed by atoms with Crippen LogP contribution in [0.2, 0.25) is 0 Å². The van der Waals surface area contributed by atoms with Crippen LogP contribution in [0.25, 0.3) is 0 Å². The van der Waals surface area contributed by atoms with E-state index in [0.717, 1.165) is 23.3 Å². The van der Waals surface area contributed by atoms with Crippen molar-refractivity contribution in [2.75, 3.05) is 0 Å². The maximum atomic E-state index is 13.6. The van der Waals surface area contributed by atoms with Crippen molar-refractivity contribution in [3.63, 3.8) is 0 Å². The van der Waals surface area contributed by atoms with E-state index in [1.165, 1.54) is 17.2 Å². The lowest BCUT2D eigenvalue weighted by Crippen LogP contribution is -2.30. The first-order valence-electron chi connectivity index (χ1n) is 8.81. The molecule has 0 aliphatic rings. The van der Waals surface area contributed by atoms with Gasteiger partial charge in [-0.15, -0.1) is 0 Å². The minimum Gasteiger partial charge on any atom is -0.477 e. The summed E-state index contributed by atoms with van der Waals surface area (Å²) >= 11 is 0. The van der Waals surface area contributed by atoms with E-state index in [4.69, 9.17) is 5.11 Å². The summed E-state index contributed by atoms with van der Waals surface area (Å²) in [4.78, 5) is 29.3. The Morgan fingerprint density at radius 3 is 2.28 bits per heavy atom. The van der Waals surface area contributed by atoms with Gasteiger partial charge >= 0.3 is 5.97 Å². The van der Waals surface area contributed by atoms with Crippen molar-refractivity contribution in [1.82, 2.24) is 9.88 Å². The third-order valence-corrected chi connectivity index (χ3v) is 4.44. The van der Waals surface area contributed by atoms with Crippen LogP contribution in [0.4, 0.5) is 8.78 Å². The van der Waals surface area contributed by atoms with Gasteiger partial charge in [0.1, 0.15) is 17.3 Å². The Kier molecular flexibility index (Phi) is 5.97. The van der Waals surface area contributed by atoms with Gasteiger partial charge in [0.25, 0.3) is 5.91 Å². The zero-order valence-corrected chi connectivity index (χ0v) is 15.6. The number of carbonyl (C=O) groups excluding carboxylic acids is 1. The Morgan fingerprint density at radius 1 is 1.00 bits per heavy atom. The Balaban J connectivity index is 1.93. The van der Waals surface area contributed by atoms with Gasteiger partial charge in [-0.05, 0) is 41.8 Å². The van der Waals surface area contributed by atoms with E-state index < -0.39 is 23.5 Å². The maximum Gasteiger partial charge on any atom is 0.354 e. The number of amides is 1. The second-order valence-electron chi connectivity index (χ2n) is 6.60. The smallest absolute Gasteiger partial charge is 0.354 e. The molecule has 1 aromatic heterocycles. The fourth-order valence-electron chi connectivity index (χ4n) is 2.92. The summed E-state index contributed by atoms with van der Waals surface area (Å²) in [5, 5.41) is 8.97. The average molecular weight is 396 g/mol.